The van der Waals surface area contributed by atoms with Crippen molar-refractivity contribution in [2.75, 3.05) is 0 Å². The highest BCUT2D eigenvalue weighted by atomic mass is 16.5. The first-order valence-corrected chi connectivity index (χ1v) is 6.00. The van der Waals surface area contributed by atoms with Crippen molar-refractivity contribution in [1.29, 1.82) is 0 Å². The fraction of sp³-hybridized carbons (Fsp3) is 0. The lowest BCUT2D eigenvalue weighted by molar-refractivity contribution is -0.132. The summed E-state index contributed by atoms with van der Waals surface area (Å²) in [4.78, 5) is 11.4. The van der Waals surface area contributed by atoms with Crippen molar-refractivity contribution >= 4 is 18.1 Å². The van der Waals surface area contributed by atoms with E-state index in [-0.39, 0.29) is 0 Å². The molecule has 2 rings (SSSR count). The molecule has 0 aliphatic carbocycles. The van der Waals surface area contributed by atoms with Crippen LogP contribution in [0, 0.1) is 0 Å². The third-order valence-corrected chi connectivity index (χ3v) is 2.46. The number of hydrogen-bond acceptors (Lipinski definition) is 2. The highest BCUT2D eigenvalue weighted by Crippen LogP contribution is 2.03. The lowest BCUT2D eigenvalue weighted by atomic mass is 10.2. The zero-order valence-electron chi connectivity index (χ0n) is 10.4. The van der Waals surface area contributed by atoms with E-state index in [9.17, 15) is 4.79 Å². The smallest absolute Gasteiger partial charge is 0.335 e. The molecule has 0 spiro atoms. The van der Waals surface area contributed by atoms with E-state index in [0.29, 0.717) is 0 Å². The molecule has 0 unspecified atom stereocenters. The van der Waals surface area contributed by atoms with Gasteiger partial charge in [0.05, 0.1) is 6.26 Å². The number of rotatable bonds is 4. The Balaban J connectivity index is 1.85. The lowest BCUT2D eigenvalue weighted by Crippen LogP contribution is -1.92. The van der Waals surface area contributed by atoms with Crippen LogP contribution < -0.4 is 0 Å². The molecular formula is C17H14O2. The summed E-state index contributed by atoms with van der Waals surface area (Å²) in [5, 5.41) is 0. The van der Waals surface area contributed by atoms with Crippen molar-refractivity contribution in [3.05, 3.63) is 84.1 Å². The predicted molar refractivity (Wildman–Crippen MR) is 77.0 cm³/mol. The summed E-state index contributed by atoms with van der Waals surface area (Å²) in [6.07, 6.45) is 6.27. The minimum Gasteiger partial charge on any atom is -0.431 e. The fourth-order valence-corrected chi connectivity index (χ4v) is 1.51. The van der Waals surface area contributed by atoms with E-state index in [0.717, 1.165) is 11.1 Å². The van der Waals surface area contributed by atoms with Crippen LogP contribution in [0.3, 0.4) is 0 Å². The Hall–Kier alpha value is -2.61. The van der Waals surface area contributed by atoms with Crippen molar-refractivity contribution < 1.29 is 9.53 Å². The van der Waals surface area contributed by atoms with E-state index in [2.05, 4.69) is 0 Å². The molecule has 0 amide bonds. The summed E-state index contributed by atoms with van der Waals surface area (Å²) in [5.41, 5.74) is 1.95. The average molecular weight is 250 g/mol. The number of benzene rings is 2. The Morgan fingerprint density at radius 1 is 0.789 bits per heavy atom. The van der Waals surface area contributed by atoms with Gasteiger partial charge < -0.3 is 4.74 Å². The van der Waals surface area contributed by atoms with Gasteiger partial charge in [-0.2, -0.15) is 0 Å². The molecule has 0 atom stereocenters. The second kappa shape index (κ2) is 6.97. The van der Waals surface area contributed by atoms with Crippen LogP contribution >= 0.6 is 0 Å². The topological polar surface area (TPSA) is 26.3 Å². The van der Waals surface area contributed by atoms with Gasteiger partial charge in [-0.3, -0.25) is 0 Å². The van der Waals surface area contributed by atoms with Crippen LogP contribution in [-0.2, 0) is 9.53 Å². The van der Waals surface area contributed by atoms with Crippen LogP contribution in [0.4, 0.5) is 0 Å². The van der Waals surface area contributed by atoms with Gasteiger partial charge in [-0.1, -0.05) is 60.7 Å². The average Bonchev–Trinajstić information content (AvgIpc) is 2.47. The van der Waals surface area contributed by atoms with Crippen LogP contribution in [0.15, 0.2) is 73.0 Å². The number of carbonyl (C=O) groups is 1. The Morgan fingerprint density at radius 2 is 1.32 bits per heavy atom. The third-order valence-electron chi connectivity index (χ3n) is 2.46. The van der Waals surface area contributed by atoms with Crippen molar-refractivity contribution in [2.45, 2.75) is 0 Å². The van der Waals surface area contributed by atoms with Gasteiger partial charge >= 0.3 is 5.97 Å². The number of hydrogen-bond donors (Lipinski definition) is 0. The Kier molecular flexibility index (Phi) is 4.71. The lowest BCUT2D eigenvalue weighted by Gasteiger charge is -1.94. The Morgan fingerprint density at radius 3 is 1.89 bits per heavy atom. The third kappa shape index (κ3) is 4.64. The molecule has 2 heteroatoms. The van der Waals surface area contributed by atoms with E-state index in [1.807, 2.05) is 60.7 Å². The molecule has 2 nitrogen and oxygen atoms in total. The van der Waals surface area contributed by atoms with Crippen LogP contribution in [0.1, 0.15) is 11.1 Å². The molecule has 19 heavy (non-hydrogen) atoms. The molecule has 0 aliphatic heterocycles. The molecule has 2 aromatic rings. The number of esters is 1. The minimum absolute atomic E-state index is 0.393. The van der Waals surface area contributed by atoms with E-state index in [4.69, 9.17) is 4.74 Å². The molecule has 94 valence electrons. The maximum absolute atomic E-state index is 11.4. The maximum Gasteiger partial charge on any atom is 0.335 e. The van der Waals surface area contributed by atoms with Crippen LogP contribution in [0.25, 0.3) is 12.2 Å². The highest BCUT2D eigenvalue weighted by molar-refractivity contribution is 5.87. The zero-order valence-corrected chi connectivity index (χ0v) is 10.4. The molecule has 0 heterocycles. The van der Waals surface area contributed by atoms with Crippen LogP contribution in [0.2, 0.25) is 0 Å². The molecule has 0 N–H and O–H groups in total. The molecule has 2 aromatic carbocycles. The Labute approximate surface area is 112 Å². The molecule has 0 radical (unpaired) electrons. The molecule has 0 aliphatic rings. The monoisotopic (exact) mass is 250 g/mol. The second-order valence-corrected chi connectivity index (χ2v) is 3.89. The molecule has 0 bridgehead atoms. The minimum atomic E-state index is -0.393. The second-order valence-electron chi connectivity index (χ2n) is 3.89. The van der Waals surface area contributed by atoms with Gasteiger partial charge in [-0.25, -0.2) is 4.79 Å². The molecule has 0 aromatic heterocycles. The van der Waals surface area contributed by atoms with E-state index < -0.39 is 5.97 Å². The molecule has 0 saturated carbocycles. The first-order chi connectivity index (χ1) is 9.34. The van der Waals surface area contributed by atoms with Gasteiger partial charge in [0.2, 0.25) is 0 Å². The van der Waals surface area contributed by atoms with Crippen molar-refractivity contribution in [1.82, 2.24) is 0 Å². The van der Waals surface area contributed by atoms with Crippen molar-refractivity contribution in [3.63, 3.8) is 0 Å². The predicted octanol–water partition coefficient (Wildman–Crippen LogP) is 3.91. The van der Waals surface area contributed by atoms with Crippen LogP contribution in [0.5, 0.6) is 0 Å². The Bertz CT molecular complexity index is 569. The first kappa shape index (κ1) is 12.8. The molecular weight excluding hydrogens is 236 g/mol. The number of ether oxygens (including phenoxy) is 1. The highest BCUT2D eigenvalue weighted by Gasteiger charge is 1.93. The van der Waals surface area contributed by atoms with Crippen molar-refractivity contribution in [3.8, 4) is 0 Å². The standard InChI is InChI=1S/C17H14O2/c18-17(12-11-15-7-3-1-4-8-15)19-14-13-16-9-5-2-6-10-16/h1-14H/b12-11+,14-13+. The SMILES string of the molecule is O=C(/C=C/c1ccccc1)O/C=C/c1ccccc1. The van der Waals surface area contributed by atoms with Crippen LogP contribution in [-0.4, -0.2) is 5.97 Å². The molecule has 0 fully saturated rings. The van der Waals surface area contributed by atoms with Gasteiger partial charge in [-0.05, 0) is 23.3 Å². The summed E-state index contributed by atoms with van der Waals surface area (Å²) in [6, 6.07) is 19.3. The van der Waals surface area contributed by atoms with E-state index >= 15 is 0 Å². The summed E-state index contributed by atoms with van der Waals surface area (Å²) in [6.45, 7) is 0. The first-order valence-electron chi connectivity index (χ1n) is 6.00. The largest absolute Gasteiger partial charge is 0.431 e. The summed E-state index contributed by atoms with van der Waals surface area (Å²) in [7, 11) is 0. The zero-order chi connectivity index (χ0) is 13.3. The van der Waals surface area contributed by atoms with Gasteiger partial charge in [0, 0.05) is 6.08 Å². The number of carbonyl (C=O) groups excluding carboxylic acids is 1. The summed E-state index contributed by atoms with van der Waals surface area (Å²) in [5.74, 6) is -0.393. The van der Waals surface area contributed by atoms with E-state index in [1.54, 1.807) is 12.2 Å². The van der Waals surface area contributed by atoms with E-state index in [1.165, 1.54) is 12.3 Å². The van der Waals surface area contributed by atoms with Crippen molar-refractivity contribution in [2.24, 2.45) is 0 Å². The molecule has 0 saturated heterocycles. The maximum atomic E-state index is 11.4. The van der Waals surface area contributed by atoms with Gasteiger partial charge in [0.25, 0.3) is 0 Å². The van der Waals surface area contributed by atoms with Gasteiger partial charge in [0.15, 0.2) is 0 Å². The van der Waals surface area contributed by atoms with Gasteiger partial charge in [0.1, 0.15) is 0 Å². The quantitative estimate of drug-likeness (QED) is 0.467. The fourth-order valence-electron chi connectivity index (χ4n) is 1.51. The van der Waals surface area contributed by atoms with Gasteiger partial charge in [-0.15, -0.1) is 0 Å². The summed E-state index contributed by atoms with van der Waals surface area (Å²) < 4.78 is 4.96. The normalized spacial score (nSPS) is 10.9. The summed E-state index contributed by atoms with van der Waals surface area (Å²) >= 11 is 0.